The Hall–Kier alpha value is -0.0800. The number of hydrogen-bond donors (Lipinski definition) is 3. The number of guanidine groups is 1. The number of hydrogen-bond acceptors (Lipinski definition) is 3. The molecule has 1 heterocycles. The summed E-state index contributed by atoms with van der Waals surface area (Å²) >= 11 is 0. The van der Waals surface area contributed by atoms with Crippen molar-refractivity contribution in [1.82, 2.24) is 15.5 Å². The van der Waals surface area contributed by atoms with E-state index in [1.54, 1.807) is 0 Å². The molecule has 0 amide bonds. The lowest BCUT2D eigenvalue weighted by Gasteiger charge is -2.35. The molecule has 3 N–H and O–H groups in total. The van der Waals surface area contributed by atoms with Crippen molar-refractivity contribution in [3.05, 3.63) is 0 Å². The average molecular weight is 480 g/mol. The molecule has 0 spiro atoms. The summed E-state index contributed by atoms with van der Waals surface area (Å²) < 4.78 is 0. The monoisotopic (exact) mass is 480 g/mol. The molecule has 0 aromatic rings. The fourth-order valence-corrected chi connectivity index (χ4v) is 4.36. The number of aliphatic imine (C=N–C) groups is 1. The highest BCUT2D eigenvalue weighted by Gasteiger charge is 2.31. The Morgan fingerprint density at radius 1 is 1.12 bits per heavy atom. The predicted molar refractivity (Wildman–Crippen MR) is 121 cm³/mol. The highest BCUT2D eigenvalue weighted by Crippen LogP contribution is 2.39. The highest BCUT2D eigenvalue weighted by atomic mass is 127. The lowest BCUT2D eigenvalue weighted by molar-refractivity contribution is 0.137. The minimum atomic E-state index is 0. The zero-order valence-corrected chi connectivity index (χ0v) is 19.3. The molecule has 154 valence electrons. The first kappa shape index (κ1) is 24.0. The highest BCUT2D eigenvalue weighted by molar-refractivity contribution is 14.0. The van der Waals surface area contributed by atoms with Crippen LogP contribution in [0.3, 0.4) is 0 Å². The third-order valence-corrected chi connectivity index (χ3v) is 5.86. The molecular weight excluding hydrogens is 439 g/mol. The number of nitrogens with zero attached hydrogens (tertiary/aromatic N) is 2. The maximum atomic E-state index is 9.48. The summed E-state index contributed by atoms with van der Waals surface area (Å²) in [5.74, 6) is 1.57. The van der Waals surface area contributed by atoms with Crippen LogP contribution in [0.2, 0.25) is 0 Å². The zero-order valence-electron chi connectivity index (χ0n) is 16.9. The zero-order chi connectivity index (χ0) is 18.0. The Balaban J connectivity index is 0.00000338. The van der Waals surface area contributed by atoms with Crippen molar-refractivity contribution in [3.8, 4) is 0 Å². The molecule has 0 aromatic carbocycles. The van der Waals surface area contributed by atoms with E-state index in [0.717, 1.165) is 32.0 Å². The van der Waals surface area contributed by atoms with Gasteiger partial charge in [-0.1, -0.05) is 26.2 Å². The van der Waals surface area contributed by atoms with E-state index in [2.05, 4.69) is 29.4 Å². The summed E-state index contributed by atoms with van der Waals surface area (Å²) in [7, 11) is 0. The largest absolute Gasteiger partial charge is 0.396 e. The van der Waals surface area contributed by atoms with Crippen LogP contribution in [0.15, 0.2) is 4.99 Å². The van der Waals surface area contributed by atoms with Gasteiger partial charge in [0.1, 0.15) is 0 Å². The molecule has 1 aliphatic heterocycles. The van der Waals surface area contributed by atoms with Crippen LogP contribution in [0.5, 0.6) is 0 Å². The van der Waals surface area contributed by atoms with Crippen molar-refractivity contribution >= 4 is 29.9 Å². The van der Waals surface area contributed by atoms with Gasteiger partial charge < -0.3 is 20.6 Å². The van der Waals surface area contributed by atoms with Gasteiger partial charge >= 0.3 is 0 Å². The van der Waals surface area contributed by atoms with E-state index >= 15 is 0 Å². The SMILES string of the molecule is CCNC(=NCC1(CCO)CCCCC1)NCC(C)CN1CCCC1.I. The molecule has 0 bridgehead atoms. The fraction of sp³-hybridized carbons (Fsp3) is 0.950. The summed E-state index contributed by atoms with van der Waals surface area (Å²) in [6, 6.07) is 0. The van der Waals surface area contributed by atoms with Gasteiger partial charge in [0.25, 0.3) is 0 Å². The first-order valence-electron chi connectivity index (χ1n) is 10.5. The summed E-state index contributed by atoms with van der Waals surface area (Å²) in [6.07, 6.45) is 9.93. The van der Waals surface area contributed by atoms with Crippen LogP contribution < -0.4 is 10.6 Å². The van der Waals surface area contributed by atoms with Crippen LogP contribution in [0, 0.1) is 11.3 Å². The third-order valence-electron chi connectivity index (χ3n) is 5.86. The van der Waals surface area contributed by atoms with Crippen molar-refractivity contribution in [3.63, 3.8) is 0 Å². The number of nitrogens with one attached hydrogen (secondary N) is 2. The van der Waals surface area contributed by atoms with Gasteiger partial charge in [-0.3, -0.25) is 4.99 Å². The first-order valence-corrected chi connectivity index (χ1v) is 10.5. The fourth-order valence-electron chi connectivity index (χ4n) is 4.36. The molecule has 2 fully saturated rings. The van der Waals surface area contributed by atoms with Gasteiger partial charge in [0.15, 0.2) is 5.96 Å². The van der Waals surface area contributed by atoms with Gasteiger partial charge in [0.05, 0.1) is 0 Å². The predicted octanol–water partition coefficient (Wildman–Crippen LogP) is 3.22. The second-order valence-electron chi connectivity index (χ2n) is 8.22. The molecule has 1 atom stereocenters. The van der Waals surface area contributed by atoms with E-state index < -0.39 is 0 Å². The molecule has 0 radical (unpaired) electrons. The van der Waals surface area contributed by atoms with Crippen molar-refractivity contribution in [2.75, 3.05) is 45.9 Å². The summed E-state index contributed by atoms with van der Waals surface area (Å²) in [6.45, 7) is 11.1. The topological polar surface area (TPSA) is 59.9 Å². The van der Waals surface area contributed by atoms with Crippen LogP contribution in [0.25, 0.3) is 0 Å². The first-order chi connectivity index (χ1) is 12.2. The van der Waals surface area contributed by atoms with Crippen LogP contribution in [0.1, 0.15) is 65.2 Å². The Morgan fingerprint density at radius 3 is 2.42 bits per heavy atom. The Kier molecular flexibility index (Phi) is 12.1. The van der Waals surface area contributed by atoms with Gasteiger partial charge in [0.2, 0.25) is 0 Å². The molecule has 6 heteroatoms. The van der Waals surface area contributed by atoms with E-state index in [0.29, 0.717) is 5.92 Å². The Bertz CT molecular complexity index is 388. The third kappa shape index (κ3) is 8.30. The van der Waals surface area contributed by atoms with Gasteiger partial charge in [-0.25, -0.2) is 0 Å². The van der Waals surface area contributed by atoms with Crippen molar-refractivity contribution < 1.29 is 5.11 Å². The van der Waals surface area contributed by atoms with Crippen molar-refractivity contribution in [2.24, 2.45) is 16.3 Å². The molecule has 2 aliphatic rings. The summed E-state index contributed by atoms with van der Waals surface area (Å²) in [4.78, 5) is 7.48. The van der Waals surface area contributed by atoms with E-state index in [9.17, 15) is 5.11 Å². The number of aliphatic hydroxyl groups excluding tert-OH is 1. The maximum absolute atomic E-state index is 9.48. The number of aliphatic hydroxyl groups is 1. The molecule has 2 rings (SSSR count). The van der Waals surface area contributed by atoms with E-state index in [4.69, 9.17) is 4.99 Å². The molecule has 1 saturated carbocycles. The van der Waals surface area contributed by atoms with Crippen LogP contribution >= 0.6 is 24.0 Å². The van der Waals surface area contributed by atoms with E-state index in [-0.39, 0.29) is 36.0 Å². The van der Waals surface area contributed by atoms with Gasteiger partial charge in [-0.05, 0) is 63.5 Å². The maximum Gasteiger partial charge on any atom is 0.191 e. The molecule has 1 saturated heterocycles. The minimum absolute atomic E-state index is 0. The minimum Gasteiger partial charge on any atom is -0.396 e. The normalized spacial score (nSPS) is 21.9. The average Bonchev–Trinajstić information content (AvgIpc) is 3.11. The van der Waals surface area contributed by atoms with Crippen molar-refractivity contribution in [2.45, 2.75) is 65.2 Å². The number of likely N-dealkylation sites (tertiary alicyclic amines) is 1. The number of halogens is 1. The van der Waals surface area contributed by atoms with Crippen LogP contribution in [-0.4, -0.2) is 61.8 Å². The molecule has 26 heavy (non-hydrogen) atoms. The molecular formula is C20H41IN4O. The van der Waals surface area contributed by atoms with Gasteiger partial charge in [-0.2, -0.15) is 0 Å². The lowest BCUT2D eigenvalue weighted by atomic mass is 9.72. The summed E-state index contributed by atoms with van der Waals surface area (Å²) in [5, 5.41) is 16.4. The molecule has 5 nitrogen and oxygen atoms in total. The lowest BCUT2D eigenvalue weighted by Crippen LogP contribution is -2.42. The molecule has 1 unspecified atom stereocenters. The standard InChI is InChI=1S/C20H40N4O.HI/c1-3-21-19(22-15-18(2)16-24-12-7-8-13-24)23-17-20(11-14-25)9-5-4-6-10-20;/h18,25H,3-17H2,1-2H3,(H2,21,22,23);1H. The molecule has 0 aromatic heterocycles. The summed E-state index contributed by atoms with van der Waals surface area (Å²) in [5.41, 5.74) is 0.219. The van der Waals surface area contributed by atoms with Crippen LogP contribution in [0.4, 0.5) is 0 Å². The number of rotatable bonds is 9. The van der Waals surface area contributed by atoms with Gasteiger partial charge in [-0.15, -0.1) is 24.0 Å². The van der Waals surface area contributed by atoms with E-state index in [1.165, 1.54) is 64.6 Å². The van der Waals surface area contributed by atoms with Crippen molar-refractivity contribution in [1.29, 1.82) is 0 Å². The van der Waals surface area contributed by atoms with Crippen LogP contribution in [-0.2, 0) is 0 Å². The second kappa shape index (κ2) is 13.2. The Morgan fingerprint density at radius 2 is 1.81 bits per heavy atom. The smallest absolute Gasteiger partial charge is 0.191 e. The second-order valence-corrected chi connectivity index (χ2v) is 8.22. The molecule has 1 aliphatic carbocycles. The van der Waals surface area contributed by atoms with Gasteiger partial charge in [0, 0.05) is 32.8 Å². The van der Waals surface area contributed by atoms with E-state index in [1.807, 2.05) is 0 Å². The Labute approximate surface area is 177 Å². The quantitative estimate of drug-likeness (QED) is 0.270.